The molecule has 2 aromatic rings. The van der Waals surface area contributed by atoms with Crippen molar-refractivity contribution in [3.63, 3.8) is 0 Å². The third-order valence-electron chi connectivity index (χ3n) is 4.20. The van der Waals surface area contributed by atoms with Gasteiger partial charge in [-0.25, -0.2) is 0 Å². The number of hydrogen-bond acceptors (Lipinski definition) is 3. The largest absolute Gasteiger partial charge is 0.351 e. The molecule has 2 unspecified atom stereocenters. The Morgan fingerprint density at radius 2 is 2.09 bits per heavy atom. The topological polar surface area (TPSA) is 41.1 Å². The first-order valence-electron chi connectivity index (χ1n) is 7.87. The number of fused-ring (bicyclic) bond motifs is 1. The second-order valence-electron chi connectivity index (χ2n) is 5.86. The standard InChI is InChI=1S/C18H22N2OS/c1-13-17(7-4-10-19-13)20-18(21)12-22-16-9-8-14-5-2-3-6-15(14)11-16/h2-3,5-6,8-9,11,13,17,19H,4,7,10,12H2,1H3,(H,20,21). The monoisotopic (exact) mass is 314 g/mol. The van der Waals surface area contributed by atoms with Crippen molar-refractivity contribution in [3.8, 4) is 0 Å². The number of carbonyl (C=O) groups is 1. The van der Waals surface area contributed by atoms with Crippen LogP contribution < -0.4 is 10.6 Å². The summed E-state index contributed by atoms with van der Waals surface area (Å²) in [4.78, 5) is 13.3. The Morgan fingerprint density at radius 1 is 1.27 bits per heavy atom. The van der Waals surface area contributed by atoms with E-state index in [9.17, 15) is 4.79 Å². The lowest BCUT2D eigenvalue weighted by Crippen LogP contribution is -2.52. The van der Waals surface area contributed by atoms with Gasteiger partial charge in [-0.2, -0.15) is 0 Å². The predicted molar refractivity (Wildman–Crippen MR) is 93.3 cm³/mol. The van der Waals surface area contributed by atoms with Crippen LogP contribution in [0.2, 0.25) is 0 Å². The zero-order valence-electron chi connectivity index (χ0n) is 12.8. The summed E-state index contributed by atoms with van der Waals surface area (Å²) in [5, 5.41) is 9.02. The van der Waals surface area contributed by atoms with Crippen molar-refractivity contribution in [3.05, 3.63) is 42.5 Å². The molecule has 1 aliphatic heterocycles. The van der Waals surface area contributed by atoms with Gasteiger partial charge in [0.25, 0.3) is 0 Å². The van der Waals surface area contributed by atoms with Crippen molar-refractivity contribution in [2.24, 2.45) is 0 Å². The Morgan fingerprint density at radius 3 is 2.91 bits per heavy atom. The van der Waals surface area contributed by atoms with Crippen LogP contribution in [0.4, 0.5) is 0 Å². The molecular weight excluding hydrogens is 292 g/mol. The molecule has 2 atom stereocenters. The highest BCUT2D eigenvalue weighted by Gasteiger charge is 2.22. The number of carbonyl (C=O) groups excluding carboxylic acids is 1. The van der Waals surface area contributed by atoms with Crippen LogP contribution in [0.3, 0.4) is 0 Å². The number of thioether (sulfide) groups is 1. The van der Waals surface area contributed by atoms with Crippen LogP contribution >= 0.6 is 11.8 Å². The van der Waals surface area contributed by atoms with Gasteiger partial charge in [0.15, 0.2) is 0 Å². The van der Waals surface area contributed by atoms with Gasteiger partial charge in [-0.05, 0) is 49.2 Å². The van der Waals surface area contributed by atoms with E-state index in [2.05, 4.69) is 47.9 Å². The molecule has 1 fully saturated rings. The molecule has 0 radical (unpaired) electrons. The first-order chi connectivity index (χ1) is 10.7. The molecule has 1 heterocycles. The van der Waals surface area contributed by atoms with E-state index in [0.29, 0.717) is 11.8 Å². The van der Waals surface area contributed by atoms with E-state index in [0.717, 1.165) is 24.3 Å². The number of benzene rings is 2. The Bertz CT molecular complexity index is 658. The van der Waals surface area contributed by atoms with Gasteiger partial charge in [0, 0.05) is 17.0 Å². The molecule has 1 aliphatic rings. The summed E-state index contributed by atoms with van der Waals surface area (Å²) in [6.45, 7) is 3.19. The van der Waals surface area contributed by atoms with Crippen molar-refractivity contribution in [1.29, 1.82) is 0 Å². The van der Waals surface area contributed by atoms with Crippen LogP contribution in [0.25, 0.3) is 10.8 Å². The second-order valence-corrected chi connectivity index (χ2v) is 6.91. The highest BCUT2D eigenvalue weighted by molar-refractivity contribution is 8.00. The summed E-state index contributed by atoms with van der Waals surface area (Å²) in [6, 6.07) is 15.3. The summed E-state index contributed by atoms with van der Waals surface area (Å²) in [5.74, 6) is 0.598. The summed E-state index contributed by atoms with van der Waals surface area (Å²) in [5.41, 5.74) is 0. The quantitative estimate of drug-likeness (QED) is 0.852. The lowest BCUT2D eigenvalue weighted by molar-refractivity contribution is -0.119. The average molecular weight is 314 g/mol. The van der Waals surface area contributed by atoms with Crippen LogP contribution in [0.15, 0.2) is 47.4 Å². The highest BCUT2D eigenvalue weighted by Crippen LogP contribution is 2.23. The molecule has 2 N–H and O–H groups in total. The third kappa shape index (κ3) is 3.81. The van der Waals surface area contributed by atoms with Gasteiger partial charge >= 0.3 is 0 Å². The molecule has 3 rings (SSSR count). The molecule has 0 aliphatic carbocycles. The molecule has 22 heavy (non-hydrogen) atoms. The Balaban J connectivity index is 1.55. The van der Waals surface area contributed by atoms with Crippen LogP contribution in [-0.4, -0.2) is 30.3 Å². The summed E-state index contributed by atoms with van der Waals surface area (Å²) in [6.07, 6.45) is 2.20. The van der Waals surface area contributed by atoms with E-state index in [4.69, 9.17) is 0 Å². The third-order valence-corrected chi connectivity index (χ3v) is 5.19. The van der Waals surface area contributed by atoms with Crippen LogP contribution in [0.5, 0.6) is 0 Å². The molecule has 116 valence electrons. The second kappa shape index (κ2) is 7.16. The average Bonchev–Trinajstić information content (AvgIpc) is 2.55. The van der Waals surface area contributed by atoms with Crippen molar-refractivity contribution in [1.82, 2.24) is 10.6 Å². The molecule has 4 heteroatoms. The van der Waals surface area contributed by atoms with Gasteiger partial charge in [-0.3, -0.25) is 4.79 Å². The highest BCUT2D eigenvalue weighted by atomic mass is 32.2. The van der Waals surface area contributed by atoms with Gasteiger partial charge < -0.3 is 10.6 Å². The van der Waals surface area contributed by atoms with E-state index < -0.39 is 0 Å². The number of rotatable bonds is 4. The van der Waals surface area contributed by atoms with Gasteiger partial charge in [-0.1, -0.05) is 30.3 Å². The van der Waals surface area contributed by atoms with Crippen LogP contribution in [0, 0.1) is 0 Å². The van der Waals surface area contributed by atoms with Crippen molar-refractivity contribution < 1.29 is 4.79 Å². The van der Waals surface area contributed by atoms with E-state index in [1.54, 1.807) is 11.8 Å². The number of nitrogens with one attached hydrogen (secondary N) is 2. The van der Waals surface area contributed by atoms with Crippen LogP contribution in [-0.2, 0) is 4.79 Å². The van der Waals surface area contributed by atoms with Crippen LogP contribution in [0.1, 0.15) is 19.8 Å². The first kappa shape index (κ1) is 15.4. The Kier molecular flexibility index (Phi) is 5.01. The summed E-state index contributed by atoms with van der Waals surface area (Å²) < 4.78 is 0. The molecule has 1 saturated heterocycles. The van der Waals surface area contributed by atoms with Crippen molar-refractivity contribution in [2.75, 3.05) is 12.3 Å². The summed E-state index contributed by atoms with van der Waals surface area (Å²) in [7, 11) is 0. The van der Waals surface area contributed by atoms with E-state index in [-0.39, 0.29) is 11.9 Å². The fraction of sp³-hybridized carbons (Fsp3) is 0.389. The normalized spacial score (nSPS) is 21.7. The number of piperidine rings is 1. The maximum absolute atomic E-state index is 12.1. The molecular formula is C18H22N2OS. The van der Waals surface area contributed by atoms with Crippen molar-refractivity contribution in [2.45, 2.75) is 36.7 Å². The fourth-order valence-electron chi connectivity index (χ4n) is 2.90. The number of amides is 1. The maximum atomic E-state index is 12.1. The molecule has 0 aromatic heterocycles. The van der Waals surface area contributed by atoms with Gasteiger partial charge in [0.1, 0.15) is 0 Å². The Hall–Kier alpha value is -1.52. The van der Waals surface area contributed by atoms with Gasteiger partial charge in [0.05, 0.1) is 5.75 Å². The van der Waals surface area contributed by atoms with E-state index in [1.807, 2.05) is 12.1 Å². The van der Waals surface area contributed by atoms with Gasteiger partial charge in [0.2, 0.25) is 5.91 Å². The molecule has 0 spiro atoms. The predicted octanol–water partition coefficient (Wildman–Crippen LogP) is 3.19. The minimum absolute atomic E-state index is 0.124. The molecule has 0 saturated carbocycles. The zero-order chi connectivity index (χ0) is 15.4. The minimum atomic E-state index is 0.124. The minimum Gasteiger partial charge on any atom is -0.351 e. The SMILES string of the molecule is CC1NCCCC1NC(=O)CSc1ccc2ccccc2c1. The van der Waals surface area contributed by atoms with E-state index in [1.165, 1.54) is 10.8 Å². The van der Waals surface area contributed by atoms with Crippen molar-refractivity contribution >= 4 is 28.4 Å². The zero-order valence-corrected chi connectivity index (χ0v) is 13.7. The van der Waals surface area contributed by atoms with Gasteiger partial charge in [-0.15, -0.1) is 11.8 Å². The molecule has 3 nitrogen and oxygen atoms in total. The maximum Gasteiger partial charge on any atom is 0.230 e. The summed E-state index contributed by atoms with van der Waals surface area (Å²) >= 11 is 1.60. The first-order valence-corrected chi connectivity index (χ1v) is 8.85. The molecule has 1 amide bonds. The lowest BCUT2D eigenvalue weighted by atomic mass is 10.00. The number of hydrogen-bond donors (Lipinski definition) is 2. The molecule has 0 bridgehead atoms. The lowest BCUT2D eigenvalue weighted by Gasteiger charge is -2.30. The van der Waals surface area contributed by atoms with E-state index >= 15 is 0 Å². The smallest absolute Gasteiger partial charge is 0.230 e. The molecule has 2 aromatic carbocycles. The fourth-order valence-corrected chi connectivity index (χ4v) is 3.65. The Labute approximate surface area is 135 Å².